The SMILES string of the molecule is NC(N(F)C(=S)c1ccccc1)=S(F)(F)(F)F. The molecule has 0 unspecified atom stereocenters. The van der Waals surface area contributed by atoms with Crippen LogP contribution in [0.5, 0.6) is 0 Å². The van der Waals surface area contributed by atoms with Crippen molar-refractivity contribution < 1.29 is 20.0 Å². The number of thiocarbonyl (C=S) groups is 1. The monoisotopic (exact) mass is 290 g/mol. The van der Waals surface area contributed by atoms with Crippen LogP contribution in [-0.4, -0.2) is 15.2 Å². The lowest BCUT2D eigenvalue weighted by molar-refractivity contribution is 0.229. The van der Waals surface area contributed by atoms with E-state index in [1.807, 2.05) is 0 Å². The number of nitrogens with two attached hydrogens (primary N) is 1. The molecule has 0 saturated heterocycles. The number of hydrogen-bond acceptors (Lipinski definition) is 1. The van der Waals surface area contributed by atoms with Gasteiger partial charge in [0.05, 0.1) is 0 Å². The van der Waals surface area contributed by atoms with Crippen molar-refractivity contribution in [1.82, 2.24) is 5.12 Å². The fourth-order valence-corrected chi connectivity index (χ4v) is 1.54. The topological polar surface area (TPSA) is 29.3 Å². The fraction of sp³-hybridized carbons (Fsp3) is 0. The molecule has 0 radical (unpaired) electrons. The van der Waals surface area contributed by atoms with Gasteiger partial charge in [-0.1, -0.05) is 47.0 Å². The van der Waals surface area contributed by atoms with Crippen molar-refractivity contribution in [2.45, 2.75) is 0 Å². The maximum Gasteiger partial charge on any atom is 0.307 e. The summed E-state index contributed by atoms with van der Waals surface area (Å²) in [5.74, 6) is 0. The second-order valence-corrected chi connectivity index (χ2v) is 5.07. The quantitative estimate of drug-likeness (QED) is 0.488. The van der Waals surface area contributed by atoms with Crippen LogP contribution < -0.4 is 5.73 Å². The first-order valence-electron chi connectivity index (χ1n) is 4.09. The third-order valence-electron chi connectivity index (χ3n) is 1.71. The predicted molar refractivity (Wildman–Crippen MR) is 62.3 cm³/mol. The van der Waals surface area contributed by atoms with E-state index < -0.39 is 25.5 Å². The molecule has 0 bridgehead atoms. The van der Waals surface area contributed by atoms with Gasteiger partial charge in [-0.25, -0.2) is 0 Å². The lowest BCUT2D eigenvalue weighted by atomic mass is 10.2. The Labute approximate surface area is 99.8 Å². The van der Waals surface area contributed by atoms with Crippen LogP contribution >= 0.6 is 22.5 Å². The Balaban J connectivity index is 3.14. The molecule has 0 spiro atoms. The Kier molecular flexibility index (Phi) is 3.55. The van der Waals surface area contributed by atoms with Crippen LogP contribution in [0.1, 0.15) is 5.56 Å². The van der Waals surface area contributed by atoms with E-state index in [1.54, 1.807) is 6.07 Å². The summed E-state index contributed by atoms with van der Waals surface area (Å²) in [5, 5.41) is -3.53. The van der Waals surface area contributed by atoms with Gasteiger partial charge in [-0.2, -0.15) is 0 Å². The zero-order valence-corrected chi connectivity index (χ0v) is 9.75. The normalized spacial score (nSPS) is 13.6. The molecule has 0 atom stereocenters. The molecule has 1 aromatic rings. The molecular weight excluding hydrogens is 283 g/mol. The molecule has 0 saturated carbocycles. The highest BCUT2D eigenvalue weighted by Crippen LogP contribution is 2.67. The third kappa shape index (κ3) is 3.45. The lowest BCUT2D eigenvalue weighted by Gasteiger charge is -2.21. The lowest BCUT2D eigenvalue weighted by Crippen LogP contribution is -2.37. The van der Waals surface area contributed by atoms with Crippen LogP contribution in [0.25, 0.3) is 0 Å². The van der Waals surface area contributed by atoms with E-state index in [2.05, 4.69) is 18.0 Å². The molecule has 17 heavy (non-hydrogen) atoms. The van der Waals surface area contributed by atoms with Gasteiger partial charge in [0.1, 0.15) is 4.99 Å². The number of benzene rings is 1. The molecule has 0 aliphatic heterocycles. The van der Waals surface area contributed by atoms with E-state index in [1.165, 1.54) is 24.3 Å². The van der Waals surface area contributed by atoms with Gasteiger partial charge in [0.2, 0.25) is 5.11 Å². The van der Waals surface area contributed by atoms with Gasteiger partial charge in [0.15, 0.2) is 0 Å². The Bertz CT molecular complexity index is 486. The summed E-state index contributed by atoms with van der Waals surface area (Å²) in [4.78, 5) is -0.850. The van der Waals surface area contributed by atoms with Crippen LogP contribution in [0.3, 0.4) is 0 Å². The van der Waals surface area contributed by atoms with E-state index in [0.29, 0.717) is 0 Å². The van der Waals surface area contributed by atoms with Crippen molar-refractivity contribution in [3.8, 4) is 0 Å². The smallest absolute Gasteiger partial charge is 0.274 e. The minimum absolute atomic E-state index is 0.00970. The standard InChI is InChI=1S/C8H7F5N2S2/c9-15(8(14)17(10,11,12)13)7(16)6-4-2-1-3-5-6/h1-5H,14H2. The molecule has 1 rings (SSSR count). The number of nitrogens with zero attached hydrogens (tertiary/aromatic N) is 1. The summed E-state index contributed by atoms with van der Waals surface area (Å²) in [6.45, 7) is 0. The molecule has 2 nitrogen and oxygen atoms in total. The molecule has 96 valence electrons. The maximum atomic E-state index is 13.2. The van der Waals surface area contributed by atoms with Crippen molar-refractivity contribution in [2.75, 3.05) is 0 Å². The van der Waals surface area contributed by atoms with Crippen LogP contribution in [0.15, 0.2) is 30.3 Å². The van der Waals surface area contributed by atoms with E-state index in [4.69, 9.17) is 0 Å². The molecular formula is C8H7F5N2S2. The van der Waals surface area contributed by atoms with Gasteiger partial charge < -0.3 is 0 Å². The number of rotatable bonds is 1. The van der Waals surface area contributed by atoms with Crippen molar-refractivity contribution in [2.24, 2.45) is 5.73 Å². The van der Waals surface area contributed by atoms with Gasteiger partial charge in [-0.3, -0.25) is 5.73 Å². The first-order valence-corrected chi connectivity index (χ1v) is 6.14. The van der Waals surface area contributed by atoms with Gasteiger partial charge in [-0.05, 0) is 0 Å². The minimum Gasteiger partial charge on any atom is -0.274 e. The highest BCUT2D eigenvalue weighted by Gasteiger charge is 2.39. The number of hydrogen-bond donors (Lipinski definition) is 1. The largest absolute Gasteiger partial charge is 0.307 e. The first-order chi connectivity index (χ1) is 7.60. The van der Waals surface area contributed by atoms with Crippen molar-refractivity contribution in [3.05, 3.63) is 35.9 Å². The average molecular weight is 290 g/mol. The predicted octanol–water partition coefficient (Wildman–Crippen LogP) is 3.47. The average Bonchev–Trinajstić information content (AvgIpc) is 2.25. The van der Waals surface area contributed by atoms with Crippen LogP contribution in [0.2, 0.25) is 0 Å². The molecule has 0 amide bonds. The van der Waals surface area contributed by atoms with Crippen LogP contribution in [0.4, 0.5) is 20.0 Å². The van der Waals surface area contributed by atoms with E-state index in [9.17, 15) is 20.0 Å². The summed E-state index contributed by atoms with van der Waals surface area (Å²) >= 11 is 4.44. The zero-order chi connectivity index (χ0) is 13.3. The van der Waals surface area contributed by atoms with Crippen LogP contribution in [0, 0.1) is 0 Å². The summed E-state index contributed by atoms with van der Waals surface area (Å²) in [7, 11) is -8.08. The summed E-state index contributed by atoms with van der Waals surface area (Å²) in [5.41, 5.74) is 4.39. The Morgan fingerprint density at radius 2 is 1.59 bits per heavy atom. The highest BCUT2D eigenvalue weighted by molar-refractivity contribution is 8.32. The summed E-state index contributed by atoms with van der Waals surface area (Å²) < 4.78 is 62.0. The van der Waals surface area contributed by atoms with Gasteiger partial charge in [0, 0.05) is 5.56 Å². The van der Waals surface area contributed by atoms with E-state index in [-0.39, 0.29) is 5.56 Å². The molecule has 9 heteroatoms. The Morgan fingerprint density at radius 3 is 2.00 bits per heavy atom. The fourth-order valence-electron chi connectivity index (χ4n) is 0.915. The molecule has 0 aliphatic carbocycles. The second kappa shape index (κ2) is 4.31. The first kappa shape index (κ1) is 14.0. The van der Waals surface area contributed by atoms with Crippen LogP contribution in [-0.2, 0) is 0 Å². The minimum atomic E-state index is -8.08. The molecule has 0 aromatic heterocycles. The molecule has 0 fully saturated rings. The maximum absolute atomic E-state index is 13.2. The van der Waals surface area contributed by atoms with Crippen molar-refractivity contribution in [3.63, 3.8) is 0 Å². The second-order valence-electron chi connectivity index (χ2n) is 2.95. The summed E-state index contributed by atoms with van der Waals surface area (Å²) in [6.07, 6.45) is 0. The van der Waals surface area contributed by atoms with Gasteiger partial charge in [0.25, 0.3) is 0 Å². The highest BCUT2D eigenvalue weighted by atomic mass is 32.4. The Morgan fingerprint density at radius 1 is 1.12 bits per heavy atom. The van der Waals surface area contributed by atoms with Crippen molar-refractivity contribution in [1.29, 1.82) is 0 Å². The zero-order valence-electron chi connectivity index (χ0n) is 8.12. The Hall–Kier alpha value is -1.06. The molecule has 2 N–H and O–H groups in total. The molecule has 0 aliphatic rings. The molecule has 1 aromatic carbocycles. The van der Waals surface area contributed by atoms with E-state index in [0.717, 1.165) is 0 Å². The van der Waals surface area contributed by atoms with Crippen molar-refractivity contribution >= 4 is 32.6 Å². The molecule has 0 heterocycles. The van der Waals surface area contributed by atoms with Gasteiger partial charge >= 0.3 is 10.3 Å². The summed E-state index contributed by atoms with van der Waals surface area (Å²) in [6, 6.07) is 7.01. The third-order valence-corrected chi connectivity index (χ3v) is 2.90. The van der Waals surface area contributed by atoms with Gasteiger partial charge in [-0.15, -0.1) is 20.7 Å². The van der Waals surface area contributed by atoms with E-state index >= 15 is 0 Å². The number of halogens is 5.